The van der Waals surface area contributed by atoms with Gasteiger partial charge in [0.25, 0.3) is 5.91 Å². The lowest BCUT2D eigenvalue weighted by molar-refractivity contribution is -0.285. The SMILES string of the molecule is CC(C)Oc1ccc(-c2cc(O[C@@H]3C[C@H]4C(=O)N[C@]5(C(=O)NS(=O)(=O)C6(C)CC6)C[C@H]5/C=C\CC[C@@H](C)C[C@@H](C)[C@H](NC(=O)OC5(C(F)(F)F)CCCOC5)C(=O)N4C3)cc(-c3nccs3)n2)cn1. The van der Waals surface area contributed by atoms with Crippen molar-refractivity contribution in [1.82, 2.24) is 35.2 Å². The minimum atomic E-state index is -4.99. The molecule has 8 atom stereocenters. The van der Waals surface area contributed by atoms with E-state index >= 15 is 4.79 Å². The summed E-state index contributed by atoms with van der Waals surface area (Å²) in [6.45, 7) is 7.84. The van der Waals surface area contributed by atoms with E-state index in [9.17, 15) is 36.0 Å². The Kier molecular flexibility index (Phi) is 14.1. The molecule has 22 heteroatoms. The lowest BCUT2D eigenvalue weighted by atomic mass is 9.88. The maximum absolute atomic E-state index is 15.2. The highest BCUT2D eigenvalue weighted by Crippen LogP contribution is 2.48. The molecule has 2 aliphatic carbocycles. The largest absolute Gasteiger partial charge is 0.488 e. The highest BCUT2D eigenvalue weighted by Gasteiger charge is 2.63. The van der Waals surface area contributed by atoms with Crippen molar-refractivity contribution in [2.24, 2.45) is 17.8 Å². The number of ether oxygens (including phenoxy) is 4. The van der Waals surface area contributed by atoms with E-state index in [1.807, 2.05) is 26.8 Å². The summed E-state index contributed by atoms with van der Waals surface area (Å²) in [6.07, 6.45) is 0.974. The Balaban J connectivity index is 1.14. The molecule has 374 valence electrons. The van der Waals surface area contributed by atoms with Crippen molar-refractivity contribution in [3.63, 3.8) is 0 Å². The van der Waals surface area contributed by atoms with Gasteiger partial charge in [-0.2, -0.15) is 13.2 Å². The summed E-state index contributed by atoms with van der Waals surface area (Å²) in [5.41, 5.74) is -3.08. The first kappa shape index (κ1) is 50.1. The fraction of sp³-hybridized carbons (Fsp3) is 0.596. The van der Waals surface area contributed by atoms with Crippen LogP contribution >= 0.6 is 11.3 Å². The summed E-state index contributed by atoms with van der Waals surface area (Å²) in [4.78, 5) is 72.7. The second-order valence-electron chi connectivity index (χ2n) is 19.6. The summed E-state index contributed by atoms with van der Waals surface area (Å²) in [5.74, 6) is -3.11. The minimum absolute atomic E-state index is 0.0180. The van der Waals surface area contributed by atoms with Gasteiger partial charge in [0, 0.05) is 66.9 Å². The van der Waals surface area contributed by atoms with Gasteiger partial charge in [-0.3, -0.25) is 19.1 Å². The van der Waals surface area contributed by atoms with Crippen molar-refractivity contribution in [2.75, 3.05) is 19.8 Å². The number of halogens is 3. The number of fused-ring (bicyclic) bond motifs is 2. The maximum atomic E-state index is 15.2. The van der Waals surface area contributed by atoms with Crippen molar-refractivity contribution in [1.29, 1.82) is 0 Å². The van der Waals surface area contributed by atoms with Crippen LogP contribution in [0.1, 0.15) is 92.4 Å². The number of allylic oxidation sites excluding steroid dienone is 1. The molecular weight excluding hydrogens is 944 g/mol. The van der Waals surface area contributed by atoms with E-state index in [0.29, 0.717) is 65.7 Å². The van der Waals surface area contributed by atoms with E-state index in [2.05, 4.69) is 25.3 Å². The zero-order valence-corrected chi connectivity index (χ0v) is 40.7. The number of nitrogens with zero attached hydrogens (tertiary/aromatic N) is 4. The monoisotopic (exact) mass is 1000 g/mol. The number of pyridine rings is 2. The van der Waals surface area contributed by atoms with Gasteiger partial charge < -0.3 is 34.5 Å². The van der Waals surface area contributed by atoms with Crippen molar-refractivity contribution >= 4 is 45.2 Å². The minimum Gasteiger partial charge on any atom is -0.488 e. The molecule has 5 aliphatic rings. The van der Waals surface area contributed by atoms with Crippen molar-refractivity contribution in [3.8, 4) is 33.6 Å². The molecule has 69 heavy (non-hydrogen) atoms. The number of thiazole rings is 1. The molecule has 0 spiro atoms. The first-order chi connectivity index (χ1) is 32.6. The Morgan fingerprint density at radius 2 is 1.84 bits per heavy atom. The van der Waals surface area contributed by atoms with Gasteiger partial charge in [0.2, 0.25) is 33.3 Å². The molecule has 3 aromatic heterocycles. The van der Waals surface area contributed by atoms with Crippen LogP contribution in [0, 0.1) is 17.8 Å². The summed E-state index contributed by atoms with van der Waals surface area (Å²) < 4.78 is 94.1. The van der Waals surface area contributed by atoms with Crippen LogP contribution in [0.25, 0.3) is 22.0 Å². The molecule has 0 bridgehead atoms. The quantitative estimate of drug-likeness (QED) is 0.175. The van der Waals surface area contributed by atoms with E-state index < -0.39 is 99.0 Å². The molecule has 0 radical (unpaired) electrons. The predicted molar refractivity (Wildman–Crippen MR) is 246 cm³/mol. The summed E-state index contributed by atoms with van der Waals surface area (Å²) in [5, 5.41) is 7.66. The number of carbonyl (C=O) groups excluding carboxylic acids is 4. The van der Waals surface area contributed by atoms with E-state index in [4.69, 9.17) is 23.9 Å². The molecule has 2 saturated carbocycles. The summed E-state index contributed by atoms with van der Waals surface area (Å²) in [7, 11) is -4.12. The fourth-order valence-corrected chi connectivity index (χ4v) is 11.2. The van der Waals surface area contributed by atoms with Crippen LogP contribution in [0.4, 0.5) is 18.0 Å². The second kappa shape index (κ2) is 19.4. The Morgan fingerprint density at radius 3 is 2.49 bits per heavy atom. The first-order valence-electron chi connectivity index (χ1n) is 23.3. The highest BCUT2D eigenvalue weighted by molar-refractivity contribution is 7.91. The summed E-state index contributed by atoms with van der Waals surface area (Å²) in [6, 6.07) is 3.99. The fourth-order valence-electron chi connectivity index (χ4n) is 9.28. The van der Waals surface area contributed by atoms with Gasteiger partial charge in [-0.1, -0.05) is 26.0 Å². The lowest BCUT2D eigenvalue weighted by Gasteiger charge is -2.38. The second-order valence-corrected chi connectivity index (χ2v) is 22.7. The van der Waals surface area contributed by atoms with Gasteiger partial charge in [0.05, 0.1) is 29.7 Å². The van der Waals surface area contributed by atoms with Crippen LogP contribution < -0.4 is 24.8 Å². The predicted octanol–water partition coefficient (Wildman–Crippen LogP) is 6.49. The molecule has 3 N–H and O–H groups in total. The number of aromatic nitrogens is 3. The molecule has 17 nitrogen and oxygen atoms in total. The van der Waals surface area contributed by atoms with Crippen molar-refractivity contribution in [2.45, 2.75) is 139 Å². The number of sulfonamides is 1. The van der Waals surface area contributed by atoms with E-state index in [1.54, 1.807) is 55.0 Å². The lowest BCUT2D eigenvalue weighted by Crippen LogP contribution is -2.60. The van der Waals surface area contributed by atoms with Crippen LogP contribution in [0.2, 0.25) is 0 Å². The van der Waals surface area contributed by atoms with Gasteiger partial charge >= 0.3 is 12.3 Å². The smallest absolute Gasteiger partial charge is 0.430 e. The topological polar surface area (TPSA) is 217 Å². The molecule has 3 aliphatic heterocycles. The number of amides is 4. The number of rotatable bonds is 11. The first-order valence-corrected chi connectivity index (χ1v) is 25.7. The zero-order chi connectivity index (χ0) is 49.5. The number of alkyl halides is 3. The van der Waals surface area contributed by atoms with E-state index in [0.717, 1.165) is 0 Å². The molecule has 6 heterocycles. The van der Waals surface area contributed by atoms with Gasteiger partial charge in [-0.25, -0.2) is 28.2 Å². The molecule has 2 saturated heterocycles. The average molecular weight is 1000 g/mol. The Morgan fingerprint density at radius 1 is 1.07 bits per heavy atom. The van der Waals surface area contributed by atoms with Crippen LogP contribution in [0.5, 0.6) is 11.6 Å². The zero-order valence-electron chi connectivity index (χ0n) is 39.0. The number of carbonyl (C=O) groups is 4. The third-order valence-electron chi connectivity index (χ3n) is 13.7. The number of hydrogen-bond acceptors (Lipinski definition) is 14. The van der Waals surface area contributed by atoms with Gasteiger partial charge in [0.1, 0.15) is 40.2 Å². The Bertz CT molecular complexity index is 2540. The standard InChI is InChI=1S/C47H58F3N7O10S2/c1-27(2)65-37-12-11-30(24-52-37)34-20-32(21-35(53-34)40-51-16-18-68-40)66-33-22-36-39(58)55-46(42(60)56-69(62,63)44(5)14-15-44)23-31(46)10-7-6-9-28(3)19-29(4)38(41(59)57(36)25-33)54-43(61)67-45(47(48,49)50)13-8-17-64-26-45/h7,10-12,16,18,20-21,24,27-29,31,33,36,38H,6,8-9,13-15,17,19,22-23,25-26H2,1-5H3,(H,54,61)(H,55,58)(H,56,60)/b10-7-/t28-,29-,31-,33-,36+,38+,45?,46-/m1/s1. The number of nitrogens with one attached hydrogen (secondary N) is 3. The highest BCUT2D eigenvalue weighted by atomic mass is 32.2. The Labute approximate surface area is 402 Å². The maximum Gasteiger partial charge on any atom is 0.430 e. The van der Waals surface area contributed by atoms with Gasteiger partial charge in [-0.15, -0.1) is 11.3 Å². The number of alkyl carbamates (subject to hydrolysis) is 1. The third-order valence-corrected chi connectivity index (χ3v) is 16.6. The molecule has 1 unspecified atom stereocenters. The molecule has 3 aromatic rings. The van der Waals surface area contributed by atoms with Gasteiger partial charge in [-0.05, 0) is 83.6 Å². The molecule has 4 amide bonds. The average Bonchev–Trinajstić information content (AvgIpc) is 4.04. The summed E-state index contributed by atoms with van der Waals surface area (Å²) >= 11 is 1.35. The van der Waals surface area contributed by atoms with Gasteiger partial charge in [0.15, 0.2) is 0 Å². The van der Waals surface area contributed by atoms with E-state index in [1.165, 1.54) is 23.2 Å². The van der Waals surface area contributed by atoms with Crippen LogP contribution in [-0.4, -0.2) is 118 Å². The van der Waals surface area contributed by atoms with Crippen LogP contribution in [0.15, 0.2) is 54.2 Å². The molecule has 8 rings (SSSR count). The Hall–Kier alpha value is -5.35. The van der Waals surface area contributed by atoms with Crippen molar-refractivity contribution in [3.05, 3.63) is 54.2 Å². The van der Waals surface area contributed by atoms with Crippen molar-refractivity contribution < 1.29 is 59.7 Å². The van der Waals surface area contributed by atoms with Crippen LogP contribution in [-0.2, 0) is 33.9 Å². The number of hydrogen-bond donors (Lipinski definition) is 3. The molecule has 0 aromatic carbocycles. The third kappa shape index (κ3) is 10.9. The molecular formula is C47H58F3N7O10S2. The van der Waals surface area contributed by atoms with Crippen LogP contribution in [0.3, 0.4) is 0 Å². The normalized spacial score (nSPS) is 29.8. The van der Waals surface area contributed by atoms with E-state index in [-0.39, 0.29) is 44.4 Å². The molecule has 4 fully saturated rings.